The van der Waals surface area contributed by atoms with Crippen molar-refractivity contribution in [1.82, 2.24) is 9.97 Å². The van der Waals surface area contributed by atoms with Crippen LogP contribution < -0.4 is 4.74 Å². The van der Waals surface area contributed by atoms with Gasteiger partial charge in [-0.05, 0) is 37.1 Å². The van der Waals surface area contributed by atoms with Gasteiger partial charge in [-0.3, -0.25) is 4.79 Å². The van der Waals surface area contributed by atoms with Gasteiger partial charge in [-0.2, -0.15) is 0 Å². The molecular weight excluding hydrogens is 216 g/mol. The molecule has 17 heavy (non-hydrogen) atoms. The Morgan fingerprint density at radius 3 is 2.65 bits per heavy atom. The van der Waals surface area contributed by atoms with Gasteiger partial charge in [-0.1, -0.05) is 0 Å². The van der Waals surface area contributed by atoms with E-state index in [4.69, 9.17) is 4.74 Å². The lowest BCUT2D eigenvalue weighted by molar-refractivity contribution is 0.102. The van der Waals surface area contributed by atoms with Crippen molar-refractivity contribution in [2.45, 2.75) is 13.8 Å². The molecule has 0 saturated heterocycles. The first-order valence-electron chi connectivity index (χ1n) is 5.33. The number of hydrogen-bond donors (Lipinski definition) is 1. The largest absolute Gasteiger partial charge is 0.496 e. The standard InChI is InChI=1S/C13H14N2O2/c1-8-7-11(17-3)9(2)6-10(8)12(16)13-14-4-5-15-13/h4-7H,1-3H3,(H,14,15). The molecule has 1 aromatic heterocycles. The highest BCUT2D eigenvalue weighted by Gasteiger charge is 2.15. The molecule has 1 N–H and O–H groups in total. The van der Waals surface area contributed by atoms with Crippen LogP contribution in [0.2, 0.25) is 0 Å². The van der Waals surface area contributed by atoms with Crippen LogP contribution in [0.4, 0.5) is 0 Å². The maximum absolute atomic E-state index is 12.1. The molecule has 4 heteroatoms. The molecule has 1 aromatic carbocycles. The lowest BCUT2D eigenvalue weighted by Crippen LogP contribution is -2.06. The summed E-state index contributed by atoms with van der Waals surface area (Å²) in [7, 11) is 1.62. The number of benzene rings is 1. The first-order valence-corrected chi connectivity index (χ1v) is 5.33. The molecule has 4 nitrogen and oxygen atoms in total. The molecular formula is C13H14N2O2. The van der Waals surface area contributed by atoms with Crippen molar-refractivity contribution >= 4 is 5.78 Å². The van der Waals surface area contributed by atoms with E-state index in [0.717, 1.165) is 16.9 Å². The number of nitrogens with one attached hydrogen (secondary N) is 1. The Morgan fingerprint density at radius 1 is 1.29 bits per heavy atom. The van der Waals surface area contributed by atoms with Crippen molar-refractivity contribution in [3.05, 3.63) is 47.0 Å². The molecule has 88 valence electrons. The topological polar surface area (TPSA) is 55.0 Å². The predicted octanol–water partition coefficient (Wildman–Crippen LogP) is 2.27. The Labute approximate surface area is 99.7 Å². The Balaban J connectivity index is 2.46. The van der Waals surface area contributed by atoms with Gasteiger partial charge in [0.05, 0.1) is 7.11 Å². The van der Waals surface area contributed by atoms with E-state index in [1.54, 1.807) is 19.5 Å². The Bertz CT molecular complexity index is 545. The minimum atomic E-state index is -0.0988. The molecule has 0 aliphatic heterocycles. The second-order valence-electron chi connectivity index (χ2n) is 3.90. The maximum atomic E-state index is 12.1. The van der Waals surface area contributed by atoms with Crippen LogP contribution in [-0.4, -0.2) is 22.9 Å². The summed E-state index contributed by atoms with van der Waals surface area (Å²) >= 11 is 0. The number of imidazole rings is 1. The van der Waals surface area contributed by atoms with Crippen LogP contribution >= 0.6 is 0 Å². The fraction of sp³-hybridized carbons (Fsp3) is 0.231. The van der Waals surface area contributed by atoms with E-state index in [1.165, 1.54) is 0 Å². The summed E-state index contributed by atoms with van der Waals surface area (Å²) in [5.74, 6) is 1.05. The quantitative estimate of drug-likeness (QED) is 0.823. The third-order valence-corrected chi connectivity index (χ3v) is 2.70. The molecule has 1 heterocycles. The van der Waals surface area contributed by atoms with Crippen LogP contribution in [0.1, 0.15) is 27.3 Å². The number of rotatable bonds is 3. The third-order valence-electron chi connectivity index (χ3n) is 2.70. The average molecular weight is 230 g/mol. The van der Waals surface area contributed by atoms with Crippen LogP contribution in [0, 0.1) is 13.8 Å². The first kappa shape index (κ1) is 11.4. The number of H-pyrrole nitrogens is 1. The Kier molecular flexibility index (Phi) is 2.95. The second kappa shape index (κ2) is 4.41. The number of carbonyl (C=O) groups excluding carboxylic acids is 1. The zero-order valence-corrected chi connectivity index (χ0v) is 10.1. The molecule has 0 spiro atoms. The smallest absolute Gasteiger partial charge is 0.228 e. The van der Waals surface area contributed by atoms with Crippen LogP contribution in [0.15, 0.2) is 24.5 Å². The summed E-state index contributed by atoms with van der Waals surface area (Å²) in [4.78, 5) is 18.9. The van der Waals surface area contributed by atoms with Crippen LogP contribution in [-0.2, 0) is 0 Å². The molecule has 0 bridgehead atoms. The molecule has 0 fully saturated rings. The Hall–Kier alpha value is -2.10. The molecule has 0 saturated carbocycles. The van der Waals surface area contributed by atoms with Crippen molar-refractivity contribution in [3.8, 4) is 5.75 Å². The molecule has 0 unspecified atom stereocenters. The molecule has 0 atom stereocenters. The molecule has 2 aromatic rings. The van der Waals surface area contributed by atoms with Gasteiger partial charge in [0.2, 0.25) is 5.78 Å². The molecule has 0 aliphatic carbocycles. The number of ether oxygens (including phenoxy) is 1. The lowest BCUT2D eigenvalue weighted by atomic mass is 10.0. The van der Waals surface area contributed by atoms with Gasteiger partial charge in [0.1, 0.15) is 5.75 Å². The van der Waals surface area contributed by atoms with Crippen molar-refractivity contribution in [2.24, 2.45) is 0 Å². The second-order valence-corrected chi connectivity index (χ2v) is 3.90. The number of ketones is 1. The van der Waals surface area contributed by atoms with E-state index >= 15 is 0 Å². The van der Waals surface area contributed by atoms with Gasteiger partial charge in [0, 0.05) is 18.0 Å². The van der Waals surface area contributed by atoms with Gasteiger partial charge in [-0.25, -0.2) is 4.98 Å². The zero-order chi connectivity index (χ0) is 12.4. The summed E-state index contributed by atoms with van der Waals surface area (Å²) in [6.45, 7) is 3.80. The lowest BCUT2D eigenvalue weighted by Gasteiger charge is -2.09. The van der Waals surface area contributed by atoms with Crippen LogP contribution in [0.25, 0.3) is 0 Å². The van der Waals surface area contributed by atoms with E-state index in [1.807, 2.05) is 26.0 Å². The van der Waals surface area contributed by atoms with Gasteiger partial charge >= 0.3 is 0 Å². The van der Waals surface area contributed by atoms with E-state index < -0.39 is 0 Å². The van der Waals surface area contributed by atoms with E-state index in [9.17, 15) is 4.79 Å². The van der Waals surface area contributed by atoms with Crippen LogP contribution in [0.5, 0.6) is 5.75 Å². The summed E-state index contributed by atoms with van der Waals surface area (Å²) in [6, 6.07) is 3.70. The number of carbonyl (C=O) groups is 1. The van der Waals surface area contributed by atoms with Gasteiger partial charge in [-0.15, -0.1) is 0 Å². The number of hydrogen-bond acceptors (Lipinski definition) is 3. The van der Waals surface area contributed by atoms with Crippen molar-refractivity contribution in [2.75, 3.05) is 7.11 Å². The van der Waals surface area contributed by atoms with Gasteiger partial charge in [0.15, 0.2) is 5.82 Å². The van der Waals surface area contributed by atoms with Gasteiger partial charge in [0.25, 0.3) is 0 Å². The average Bonchev–Trinajstić information content (AvgIpc) is 2.84. The first-order chi connectivity index (χ1) is 8.13. The van der Waals surface area contributed by atoms with Crippen molar-refractivity contribution in [1.29, 1.82) is 0 Å². The highest BCUT2D eigenvalue weighted by molar-refractivity contribution is 6.07. The minimum Gasteiger partial charge on any atom is -0.496 e. The minimum absolute atomic E-state index is 0.0988. The SMILES string of the molecule is COc1cc(C)c(C(=O)c2ncc[nH]2)cc1C. The van der Waals surface area contributed by atoms with E-state index in [0.29, 0.717) is 11.4 Å². The summed E-state index contributed by atoms with van der Waals surface area (Å²) in [5.41, 5.74) is 2.47. The maximum Gasteiger partial charge on any atom is 0.228 e. The summed E-state index contributed by atoms with van der Waals surface area (Å²) in [5, 5.41) is 0. The van der Waals surface area contributed by atoms with Crippen molar-refractivity contribution in [3.63, 3.8) is 0 Å². The fourth-order valence-corrected chi connectivity index (χ4v) is 1.77. The monoisotopic (exact) mass is 230 g/mol. The predicted molar refractivity (Wildman–Crippen MR) is 64.5 cm³/mol. The van der Waals surface area contributed by atoms with Gasteiger partial charge < -0.3 is 9.72 Å². The van der Waals surface area contributed by atoms with Crippen LogP contribution in [0.3, 0.4) is 0 Å². The van der Waals surface area contributed by atoms with Crippen molar-refractivity contribution < 1.29 is 9.53 Å². The van der Waals surface area contributed by atoms with E-state index in [-0.39, 0.29) is 5.78 Å². The van der Waals surface area contributed by atoms with E-state index in [2.05, 4.69) is 9.97 Å². The number of aryl methyl sites for hydroxylation is 2. The molecule has 0 amide bonds. The Morgan fingerprint density at radius 2 is 2.06 bits per heavy atom. The number of aromatic nitrogens is 2. The zero-order valence-electron chi connectivity index (χ0n) is 10.1. The molecule has 2 rings (SSSR count). The number of nitrogens with zero attached hydrogens (tertiary/aromatic N) is 1. The highest BCUT2D eigenvalue weighted by atomic mass is 16.5. The third kappa shape index (κ3) is 2.06. The highest BCUT2D eigenvalue weighted by Crippen LogP contribution is 2.23. The fourth-order valence-electron chi connectivity index (χ4n) is 1.77. The number of aromatic amines is 1. The summed E-state index contributed by atoms with van der Waals surface area (Å²) < 4.78 is 5.22. The summed E-state index contributed by atoms with van der Waals surface area (Å²) in [6.07, 6.45) is 3.21. The normalized spacial score (nSPS) is 10.3. The molecule has 0 radical (unpaired) electrons. The number of methoxy groups -OCH3 is 1. The molecule has 0 aliphatic rings.